The van der Waals surface area contributed by atoms with Crippen LogP contribution < -0.4 is 5.32 Å². The second kappa shape index (κ2) is 7.61. The molecule has 6 heteroatoms. The number of anilines is 1. The third kappa shape index (κ3) is 3.79. The Morgan fingerprint density at radius 1 is 1.24 bits per heavy atom. The van der Waals surface area contributed by atoms with Crippen LogP contribution in [0.15, 0.2) is 30.8 Å². The first kappa shape index (κ1) is 17.4. The number of aromatic nitrogens is 2. The number of hydrogen-bond donors (Lipinski definition) is 3. The highest BCUT2D eigenvalue weighted by molar-refractivity contribution is 6.09. The third-order valence-electron chi connectivity index (χ3n) is 5.03. The SMILES string of the molecule is CN(C)[C@H]1CC[C@H](Nc2ncnc3ccc(/C(C=N)=C/O)cc23)CC1. The number of rotatable bonds is 5. The maximum Gasteiger partial charge on any atom is 0.137 e. The lowest BCUT2D eigenvalue weighted by Gasteiger charge is -2.33. The van der Waals surface area contributed by atoms with Crippen LogP contribution in [-0.4, -0.2) is 52.4 Å². The Hall–Kier alpha value is -2.47. The Balaban J connectivity index is 1.84. The van der Waals surface area contributed by atoms with Crippen molar-refractivity contribution in [2.45, 2.75) is 37.8 Å². The Morgan fingerprint density at radius 3 is 2.64 bits per heavy atom. The quantitative estimate of drug-likeness (QED) is 0.574. The molecule has 0 aliphatic heterocycles. The number of nitrogens with one attached hydrogen (secondary N) is 2. The van der Waals surface area contributed by atoms with Crippen LogP contribution in [0.25, 0.3) is 16.5 Å². The van der Waals surface area contributed by atoms with E-state index in [4.69, 9.17) is 5.41 Å². The van der Waals surface area contributed by atoms with E-state index in [0.717, 1.165) is 47.6 Å². The average Bonchev–Trinajstić information content (AvgIpc) is 2.63. The van der Waals surface area contributed by atoms with E-state index in [1.165, 1.54) is 12.8 Å². The summed E-state index contributed by atoms with van der Waals surface area (Å²) in [5.74, 6) is 0.822. The maximum absolute atomic E-state index is 9.29. The van der Waals surface area contributed by atoms with Crippen LogP contribution in [-0.2, 0) is 0 Å². The van der Waals surface area contributed by atoms with Crippen LogP contribution in [0.2, 0.25) is 0 Å². The topological polar surface area (TPSA) is 85.1 Å². The number of fused-ring (bicyclic) bond motifs is 1. The molecule has 1 saturated carbocycles. The van der Waals surface area contributed by atoms with Crippen LogP contribution in [0.5, 0.6) is 0 Å². The van der Waals surface area contributed by atoms with E-state index in [2.05, 4.69) is 34.3 Å². The number of aliphatic hydroxyl groups excluding tert-OH is 1. The minimum Gasteiger partial charge on any atom is -0.515 e. The largest absolute Gasteiger partial charge is 0.515 e. The van der Waals surface area contributed by atoms with Gasteiger partial charge in [-0.3, -0.25) is 0 Å². The molecule has 2 aromatic rings. The monoisotopic (exact) mass is 339 g/mol. The zero-order chi connectivity index (χ0) is 17.8. The molecule has 0 unspecified atom stereocenters. The van der Waals surface area contributed by atoms with E-state index >= 15 is 0 Å². The van der Waals surface area contributed by atoms with Crippen molar-refractivity contribution < 1.29 is 5.11 Å². The summed E-state index contributed by atoms with van der Waals surface area (Å²) < 4.78 is 0. The molecule has 0 amide bonds. The van der Waals surface area contributed by atoms with Gasteiger partial charge in [-0.25, -0.2) is 9.97 Å². The molecule has 25 heavy (non-hydrogen) atoms. The molecular formula is C19H25N5O. The molecule has 1 aromatic heterocycles. The van der Waals surface area contributed by atoms with Gasteiger partial charge in [-0.05, 0) is 57.5 Å². The van der Waals surface area contributed by atoms with Crippen molar-refractivity contribution in [1.82, 2.24) is 14.9 Å². The van der Waals surface area contributed by atoms with E-state index in [0.29, 0.717) is 17.7 Å². The van der Waals surface area contributed by atoms with E-state index in [9.17, 15) is 5.11 Å². The number of aliphatic hydroxyl groups is 1. The number of nitrogens with zero attached hydrogens (tertiary/aromatic N) is 3. The van der Waals surface area contributed by atoms with E-state index in [1.807, 2.05) is 18.2 Å². The van der Waals surface area contributed by atoms with Gasteiger partial charge in [-0.1, -0.05) is 6.07 Å². The Labute approximate surface area is 148 Å². The summed E-state index contributed by atoms with van der Waals surface area (Å²) in [5, 5.41) is 21.2. The van der Waals surface area contributed by atoms with Crippen LogP contribution in [0, 0.1) is 5.41 Å². The fourth-order valence-electron chi connectivity index (χ4n) is 3.48. The smallest absolute Gasteiger partial charge is 0.137 e. The van der Waals surface area contributed by atoms with Gasteiger partial charge in [0.2, 0.25) is 0 Å². The predicted molar refractivity (Wildman–Crippen MR) is 102 cm³/mol. The molecule has 3 rings (SSSR count). The number of hydrogen-bond acceptors (Lipinski definition) is 6. The van der Waals surface area contributed by atoms with Gasteiger partial charge in [-0.2, -0.15) is 0 Å². The molecule has 3 N–H and O–H groups in total. The molecule has 0 spiro atoms. The van der Waals surface area contributed by atoms with Gasteiger partial charge >= 0.3 is 0 Å². The summed E-state index contributed by atoms with van der Waals surface area (Å²) in [5.41, 5.74) is 2.09. The summed E-state index contributed by atoms with van der Waals surface area (Å²) in [6.07, 6.45) is 8.28. The van der Waals surface area contributed by atoms with Crippen LogP contribution in [0.1, 0.15) is 31.2 Å². The van der Waals surface area contributed by atoms with Crippen molar-refractivity contribution in [2.24, 2.45) is 0 Å². The van der Waals surface area contributed by atoms with Gasteiger partial charge in [0.25, 0.3) is 0 Å². The standard InChI is InChI=1S/C19H25N5O/c1-24(2)16-6-4-15(5-7-16)23-19-17-9-13(14(10-20)11-25)3-8-18(17)21-12-22-19/h3,8-12,15-16,20,25H,4-7H2,1-2H3,(H,21,22,23)/b14-11+,20-10?/t15-,16-. The minimum absolute atomic E-state index is 0.411. The van der Waals surface area contributed by atoms with Gasteiger partial charge < -0.3 is 20.7 Å². The molecule has 6 nitrogen and oxygen atoms in total. The molecular weight excluding hydrogens is 314 g/mol. The average molecular weight is 339 g/mol. The highest BCUT2D eigenvalue weighted by Crippen LogP contribution is 2.28. The first-order valence-corrected chi connectivity index (χ1v) is 8.65. The molecule has 1 aliphatic carbocycles. The fourth-order valence-corrected chi connectivity index (χ4v) is 3.48. The fraction of sp³-hybridized carbons (Fsp3) is 0.421. The highest BCUT2D eigenvalue weighted by Gasteiger charge is 2.23. The molecule has 132 valence electrons. The molecule has 1 heterocycles. The van der Waals surface area contributed by atoms with E-state index in [-0.39, 0.29) is 0 Å². The minimum atomic E-state index is 0.411. The van der Waals surface area contributed by atoms with Crippen LogP contribution in [0.3, 0.4) is 0 Å². The molecule has 0 saturated heterocycles. The Morgan fingerprint density at radius 2 is 2.00 bits per heavy atom. The predicted octanol–water partition coefficient (Wildman–Crippen LogP) is 3.46. The van der Waals surface area contributed by atoms with E-state index < -0.39 is 0 Å². The lowest BCUT2D eigenvalue weighted by Crippen LogP contribution is -2.36. The van der Waals surface area contributed by atoms with E-state index in [1.54, 1.807) is 6.33 Å². The lowest BCUT2D eigenvalue weighted by molar-refractivity contribution is 0.221. The second-order valence-corrected chi connectivity index (χ2v) is 6.80. The molecule has 1 aliphatic rings. The van der Waals surface area contributed by atoms with Gasteiger partial charge in [0.15, 0.2) is 0 Å². The highest BCUT2D eigenvalue weighted by atomic mass is 16.2. The zero-order valence-electron chi connectivity index (χ0n) is 14.7. The lowest BCUT2D eigenvalue weighted by atomic mass is 9.90. The zero-order valence-corrected chi connectivity index (χ0v) is 14.7. The summed E-state index contributed by atoms with van der Waals surface area (Å²) in [6, 6.07) is 6.75. The summed E-state index contributed by atoms with van der Waals surface area (Å²) in [6.45, 7) is 0. The van der Waals surface area contributed by atoms with Crippen molar-refractivity contribution >= 4 is 28.5 Å². The van der Waals surface area contributed by atoms with Crippen LogP contribution >= 0.6 is 0 Å². The Bertz CT molecular complexity index is 778. The number of allylic oxidation sites excluding steroid dienone is 1. The summed E-state index contributed by atoms with van der Waals surface area (Å²) >= 11 is 0. The first-order valence-electron chi connectivity index (χ1n) is 8.65. The van der Waals surface area contributed by atoms with Crippen molar-refractivity contribution in [3.8, 4) is 0 Å². The second-order valence-electron chi connectivity index (χ2n) is 6.80. The van der Waals surface area contributed by atoms with Crippen molar-refractivity contribution in [1.29, 1.82) is 5.41 Å². The van der Waals surface area contributed by atoms with Crippen LogP contribution in [0.4, 0.5) is 5.82 Å². The summed E-state index contributed by atoms with van der Waals surface area (Å²) in [4.78, 5) is 11.1. The van der Waals surface area contributed by atoms with Gasteiger partial charge in [0.05, 0.1) is 11.8 Å². The van der Waals surface area contributed by atoms with Crippen molar-refractivity contribution in [3.63, 3.8) is 0 Å². The van der Waals surface area contributed by atoms with Gasteiger partial charge in [0, 0.05) is 29.3 Å². The molecule has 0 atom stereocenters. The molecule has 1 fully saturated rings. The normalized spacial score (nSPS) is 21.5. The molecule has 0 bridgehead atoms. The van der Waals surface area contributed by atoms with Gasteiger partial charge in [0.1, 0.15) is 12.1 Å². The van der Waals surface area contributed by atoms with Crippen molar-refractivity contribution in [2.75, 3.05) is 19.4 Å². The van der Waals surface area contributed by atoms with Gasteiger partial charge in [-0.15, -0.1) is 0 Å². The molecule has 1 aromatic carbocycles. The Kier molecular flexibility index (Phi) is 5.28. The third-order valence-corrected chi connectivity index (χ3v) is 5.03. The number of benzene rings is 1. The maximum atomic E-state index is 9.29. The summed E-state index contributed by atoms with van der Waals surface area (Å²) in [7, 11) is 4.29. The molecule has 0 radical (unpaired) electrons. The first-order chi connectivity index (χ1) is 12.1. The van der Waals surface area contributed by atoms with Crippen molar-refractivity contribution in [3.05, 3.63) is 36.4 Å².